The van der Waals surface area contributed by atoms with Crippen LogP contribution < -0.4 is 20.9 Å². The summed E-state index contributed by atoms with van der Waals surface area (Å²) < 4.78 is 12.0. The van der Waals surface area contributed by atoms with E-state index in [4.69, 9.17) is 9.47 Å². The van der Waals surface area contributed by atoms with E-state index in [1.807, 2.05) is 42.5 Å². The number of aromatic amines is 1. The SMILES string of the molecule is O=C(Nc1cc(CCCCOc2cccc(CNCC(O)c3ccc(O)c4[nH]c(=O)ccc34)c2)ccc1-c1ccccc1)O[C@H]1CN2CCC1CC2. The van der Waals surface area contributed by atoms with Gasteiger partial charge in [0.05, 0.1) is 23.9 Å². The Labute approximate surface area is 303 Å². The Morgan fingerprint density at radius 2 is 1.77 bits per heavy atom. The molecule has 0 aliphatic carbocycles. The smallest absolute Gasteiger partial charge is 0.411 e. The van der Waals surface area contributed by atoms with E-state index in [-0.39, 0.29) is 30.1 Å². The van der Waals surface area contributed by atoms with Gasteiger partial charge in [-0.15, -0.1) is 0 Å². The van der Waals surface area contributed by atoms with Crippen molar-refractivity contribution in [3.8, 4) is 22.6 Å². The number of amides is 1. The number of nitrogens with one attached hydrogen (secondary N) is 3. The minimum absolute atomic E-state index is 0.0363. The molecule has 1 unspecified atom stereocenters. The summed E-state index contributed by atoms with van der Waals surface area (Å²) in [5, 5.41) is 28.0. The van der Waals surface area contributed by atoms with Gasteiger partial charge in [-0.1, -0.05) is 60.7 Å². The molecule has 0 spiro atoms. The van der Waals surface area contributed by atoms with Gasteiger partial charge >= 0.3 is 6.09 Å². The van der Waals surface area contributed by atoms with Crippen LogP contribution >= 0.6 is 0 Å². The van der Waals surface area contributed by atoms with E-state index in [2.05, 4.69) is 50.8 Å². The van der Waals surface area contributed by atoms with Crippen molar-refractivity contribution in [3.63, 3.8) is 0 Å². The Bertz CT molecular complexity index is 2040. The number of rotatable bonds is 14. The summed E-state index contributed by atoms with van der Waals surface area (Å²) >= 11 is 0. The number of benzene rings is 4. The highest BCUT2D eigenvalue weighted by atomic mass is 16.6. The van der Waals surface area contributed by atoms with Crippen molar-refractivity contribution in [1.82, 2.24) is 15.2 Å². The Balaban J connectivity index is 0.888. The third kappa shape index (κ3) is 8.65. The maximum atomic E-state index is 13.1. The first-order valence-electron chi connectivity index (χ1n) is 18.2. The first-order valence-corrected chi connectivity index (χ1v) is 18.2. The number of aliphatic hydroxyl groups excluding tert-OH is 1. The zero-order valence-corrected chi connectivity index (χ0v) is 29.2. The lowest BCUT2D eigenvalue weighted by Gasteiger charge is -2.43. The van der Waals surface area contributed by atoms with Crippen LogP contribution in [0.3, 0.4) is 0 Å². The molecule has 1 amide bonds. The van der Waals surface area contributed by atoms with E-state index < -0.39 is 6.10 Å². The minimum atomic E-state index is -0.835. The summed E-state index contributed by atoms with van der Waals surface area (Å²) in [5.41, 5.74) is 5.55. The van der Waals surface area contributed by atoms with Gasteiger partial charge in [-0.2, -0.15) is 0 Å². The number of aryl methyl sites for hydroxylation is 1. The molecule has 0 saturated carbocycles. The first-order chi connectivity index (χ1) is 25.4. The van der Waals surface area contributed by atoms with Crippen molar-refractivity contribution in [3.05, 3.63) is 124 Å². The summed E-state index contributed by atoms with van der Waals surface area (Å²) in [6.07, 6.45) is 3.54. The lowest BCUT2D eigenvalue weighted by atomic mass is 9.86. The second-order valence-electron chi connectivity index (χ2n) is 13.8. The number of ether oxygens (including phenoxy) is 2. The number of H-pyrrole nitrogens is 1. The molecule has 3 fully saturated rings. The summed E-state index contributed by atoms with van der Waals surface area (Å²) in [6, 6.07) is 30.4. The molecule has 10 nitrogen and oxygen atoms in total. The van der Waals surface area contributed by atoms with Crippen molar-refractivity contribution < 1.29 is 24.5 Å². The van der Waals surface area contributed by atoms with E-state index >= 15 is 0 Å². The van der Waals surface area contributed by atoms with Crippen molar-refractivity contribution in [2.45, 2.75) is 50.9 Å². The van der Waals surface area contributed by atoms with Gasteiger partial charge in [0.25, 0.3) is 0 Å². The molecule has 4 heterocycles. The molecule has 8 rings (SSSR count). The minimum Gasteiger partial charge on any atom is -0.506 e. The number of hydrogen-bond acceptors (Lipinski definition) is 8. The monoisotopic (exact) mass is 702 g/mol. The predicted molar refractivity (Wildman–Crippen MR) is 203 cm³/mol. The summed E-state index contributed by atoms with van der Waals surface area (Å²) in [4.78, 5) is 29.9. The Morgan fingerprint density at radius 1 is 0.923 bits per heavy atom. The number of hydrogen-bond donors (Lipinski definition) is 5. The standard InChI is InChI=1S/C42H46N4O6/c47-37-16-14-34(35-15-17-40(49)45-41(35)37)38(48)26-43-25-29-8-6-11-32(23-29)51-22-5-4-7-28-12-13-33(30-9-2-1-3-10-30)36(24-28)44-42(50)52-39-27-46-20-18-31(39)19-21-46/h1-3,6,8-17,23-24,31,38-39,43,47-48H,4-5,7,18-22,25-27H2,(H,44,50)(H,45,49)/t38?,39-/m0/s1. The zero-order valence-electron chi connectivity index (χ0n) is 29.2. The third-order valence-corrected chi connectivity index (χ3v) is 10.2. The molecule has 1 aromatic heterocycles. The number of aromatic hydroxyl groups is 1. The van der Waals surface area contributed by atoms with E-state index in [9.17, 15) is 19.8 Å². The van der Waals surface area contributed by atoms with E-state index in [0.717, 1.165) is 85.4 Å². The summed E-state index contributed by atoms with van der Waals surface area (Å²) in [5.74, 6) is 1.20. The second kappa shape index (κ2) is 16.5. The number of pyridine rings is 1. The number of aromatic nitrogens is 1. The molecule has 5 aromatic rings. The predicted octanol–water partition coefficient (Wildman–Crippen LogP) is 6.77. The number of carbonyl (C=O) groups is 1. The average molecular weight is 703 g/mol. The number of phenolic OH excluding ortho intramolecular Hbond substituents is 1. The van der Waals surface area contributed by atoms with Crippen molar-refractivity contribution in [1.29, 1.82) is 0 Å². The lowest BCUT2D eigenvalue weighted by molar-refractivity contribution is -0.0289. The van der Waals surface area contributed by atoms with Crippen LogP contribution in [0, 0.1) is 5.92 Å². The van der Waals surface area contributed by atoms with Crippen LogP contribution in [0.25, 0.3) is 22.0 Å². The maximum Gasteiger partial charge on any atom is 0.411 e. The van der Waals surface area contributed by atoms with Crippen molar-refractivity contribution in [2.75, 3.05) is 38.1 Å². The van der Waals surface area contributed by atoms with Gasteiger partial charge in [0.2, 0.25) is 5.56 Å². The molecule has 3 saturated heterocycles. The van der Waals surface area contributed by atoms with Gasteiger partial charge in [0.1, 0.15) is 17.6 Å². The molecule has 52 heavy (non-hydrogen) atoms. The van der Waals surface area contributed by atoms with E-state index in [0.29, 0.717) is 35.5 Å². The van der Waals surface area contributed by atoms with Crippen LogP contribution in [0.4, 0.5) is 10.5 Å². The fourth-order valence-corrected chi connectivity index (χ4v) is 7.42. The molecular weight excluding hydrogens is 656 g/mol. The summed E-state index contributed by atoms with van der Waals surface area (Å²) in [7, 11) is 0. The van der Waals surface area contributed by atoms with Crippen LogP contribution in [0.1, 0.15) is 48.5 Å². The lowest BCUT2D eigenvalue weighted by Crippen LogP contribution is -2.52. The largest absolute Gasteiger partial charge is 0.506 e. The number of fused-ring (bicyclic) bond motifs is 4. The number of unbranched alkanes of at least 4 members (excludes halogenated alkanes) is 1. The molecule has 10 heteroatoms. The molecule has 270 valence electrons. The van der Waals surface area contributed by atoms with E-state index in [1.54, 1.807) is 12.1 Å². The Hall–Kier alpha value is -5.16. The van der Waals surface area contributed by atoms with Gasteiger partial charge < -0.3 is 30.0 Å². The Morgan fingerprint density at radius 3 is 2.58 bits per heavy atom. The molecular formula is C42H46N4O6. The molecule has 0 radical (unpaired) electrons. The van der Waals surface area contributed by atoms with Crippen LogP contribution in [-0.2, 0) is 17.7 Å². The highest BCUT2D eigenvalue weighted by Crippen LogP contribution is 2.33. The number of phenols is 1. The number of nitrogens with zero attached hydrogens (tertiary/aromatic N) is 1. The number of anilines is 1. The van der Waals surface area contributed by atoms with Crippen molar-refractivity contribution in [2.24, 2.45) is 5.92 Å². The van der Waals surface area contributed by atoms with Crippen LogP contribution in [-0.4, -0.2) is 65.1 Å². The van der Waals surface area contributed by atoms with Crippen LogP contribution in [0.15, 0.2) is 102 Å². The molecule has 5 N–H and O–H groups in total. The summed E-state index contributed by atoms with van der Waals surface area (Å²) in [6.45, 7) is 4.41. The highest BCUT2D eigenvalue weighted by molar-refractivity contribution is 5.92. The van der Waals surface area contributed by atoms with Gasteiger partial charge in [0.15, 0.2) is 0 Å². The molecule has 3 aliphatic heterocycles. The molecule has 2 atom stereocenters. The van der Waals surface area contributed by atoms with Gasteiger partial charge in [-0.05, 0) is 104 Å². The first kappa shape index (κ1) is 35.3. The number of aliphatic hydroxyl groups is 1. The van der Waals surface area contributed by atoms with Crippen LogP contribution in [0.5, 0.6) is 11.5 Å². The normalized spacial score (nSPS) is 18.6. The van der Waals surface area contributed by atoms with Gasteiger partial charge in [-0.25, -0.2) is 4.79 Å². The fourth-order valence-electron chi connectivity index (χ4n) is 7.42. The van der Waals surface area contributed by atoms with Crippen LogP contribution in [0.2, 0.25) is 0 Å². The van der Waals surface area contributed by atoms with Crippen molar-refractivity contribution >= 4 is 22.7 Å². The van der Waals surface area contributed by atoms with Gasteiger partial charge in [-0.3, -0.25) is 15.0 Å². The third-order valence-electron chi connectivity index (χ3n) is 10.2. The average Bonchev–Trinajstić information content (AvgIpc) is 3.16. The zero-order chi connectivity index (χ0) is 35.9. The molecule has 2 bridgehead atoms. The quantitative estimate of drug-likeness (QED) is 0.0801. The van der Waals surface area contributed by atoms with E-state index in [1.165, 1.54) is 12.1 Å². The van der Waals surface area contributed by atoms with Gasteiger partial charge in [0, 0.05) is 36.7 Å². The second-order valence-corrected chi connectivity index (χ2v) is 13.8. The topological polar surface area (TPSA) is 136 Å². The Kier molecular flexibility index (Phi) is 11.2. The number of carbonyl (C=O) groups excluding carboxylic acids is 1. The number of piperidine rings is 3. The highest BCUT2D eigenvalue weighted by Gasteiger charge is 2.36. The molecule has 4 aromatic carbocycles. The fraction of sp³-hybridized carbons (Fsp3) is 0.333. The maximum absolute atomic E-state index is 13.1. The molecule has 3 aliphatic rings.